The SMILES string of the molecule is CNC1CCCCC1Oc1nc2ccccc2cc1C. The van der Waals surface area contributed by atoms with Crippen LogP contribution in [-0.2, 0) is 0 Å². The molecule has 0 radical (unpaired) electrons. The molecule has 0 bridgehead atoms. The summed E-state index contributed by atoms with van der Waals surface area (Å²) in [4.78, 5) is 4.69. The Balaban J connectivity index is 1.87. The molecule has 0 spiro atoms. The lowest BCUT2D eigenvalue weighted by Crippen LogP contribution is -2.43. The van der Waals surface area contributed by atoms with Gasteiger partial charge in [-0.05, 0) is 45.4 Å². The van der Waals surface area contributed by atoms with Crippen LogP contribution in [0.15, 0.2) is 30.3 Å². The van der Waals surface area contributed by atoms with E-state index in [1.807, 2.05) is 25.2 Å². The third-order valence-electron chi connectivity index (χ3n) is 4.20. The second-order valence-corrected chi connectivity index (χ2v) is 5.64. The van der Waals surface area contributed by atoms with Gasteiger partial charge in [0.1, 0.15) is 6.10 Å². The van der Waals surface area contributed by atoms with E-state index in [9.17, 15) is 0 Å². The number of benzene rings is 1. The van der Waals surface area contributed by atoms with Gasteiger partial charge in [-0.3, -0.25) is 0 Å². The highest BCUT2D eigenvalue weighted by atomic mass is 16.5. The van der Waals surface area contributed by atoms with Crippen molar-refractivity contribution in [2.24, 2.45) is 0 Å². The summed E-state index contributed by atoms with van der Waals surface area (Å²) in [6.45, 7) is 2.08. The maximum atomic E-state index is 6.22. The minimum Gasteiger partial charge on any atom is -0.472 e. The smallest absolute Gasteiger partial charge is 0.217 e. The fourth-order valence-corrected chi connectivity index (χ4v) is 3.03. The molecular formula is C17H22N2O. The van der Waals surface area contributed by atoms with Crippen LogP contribution < -0.4 is 10.1 Å². The molecule has 1 aliphatic rings. The molecular weight excluding hydrogens is 248 g/mol. The first kappa shape index (κ1) is 13.4. The summed E-state index contributed by atoms with van der Waals surface area (Å²) in [6.07, 6.45) is 5.07. The molecule has 1 aliphatic carbocycles. The van der Waals surface area contributed by atoms with Crippen LogP contribution in [-0.4, -0.2) is 24.2 Å². The lowest BCUT2D eigenvalue weighted by Gasteiger charge is -2.31. The first-order valence-corrected chi connectivity index (χ1v) is 7.48. The van der Waals surface area contributed by atoms with Crippen molar-refractivity contribution in [3.8, 4) is 5.88 Å². The Bertz CT molecular complexity index is 597. The van der Waals surface area contributed by atoms with Crippen molar-refractivity contribution in [1.82, 2.24) is 10.3 Å². The fraction of sp³-hybridized carbons (Fsp3) is 0.471. The number of fused-ring (bicyclic) bond motifs is 1. The van der Waals surface area contributed by atoms with E-state index in [-0.39, 0.29) is 6.10 Å². The molecule has 1 N–H and O–H groups in total. The second kappa shape index (κ2) is 5.80. The van der Waals surface area contributed by atoms with Crippen molar-refractivity contribution >= 4 is 10.9 Å². The Morgan fingerprint density at radius 1 is 1.20 bits per heavy atom. The molecule has 1 saturated carbocycles. The largest absolute Gasteiger partial charge is 0.472 e. The van der Waals surface area contributed by atoms with Crippen LogP contribution in [0.1, 0.15) is 31.2 Å². The van der Waals surface area contributed by atoms with Crippen molar-refractivity contribution < 1.29 is 4.74 Å². The van der Waals surface area contributed by atoms with E-state index in [1.165, 1.54) is 24.6 Å². The summed E-state index contributed by atoms with van der Waals surface area (Å²) in [5.74, 6) is 0.788. The zero-order chi connectivity index (χ0) is 13.9. The van der Waals surface area contributed by atoms with E-state index < -0.39 is 0 Å². The van der Waals surface area contributed by atoms with E-state index in [4.69, 9.17) is 4.74 Å². The number of nitrogens with zero attached hydrogens (tertiary/aromatic N) is 1. The summed E-state index contributed by atoms with van der Waals surface area (Å²) < 4.78 is 6.22. The summed E-state index contributed by atoms with van der Waals surface area (Å²) in [5.41, 5.74) is 2.12. The van der Waals surface area contributed by atoms with Gasteiger partial charge in [-0.25, -0.2) is 4.98 Å². The van der Waals surface area contributed by atoms with E-state index >= 15 is 0 Å². The molecule has 2 atom stereocenters. The first-order valence-electron chi connectivity index (χ1n) is 7.48. The normalized spacial score (nSPS) is 22.9. The van der Waals surface area contributed by atoms with Crippen molar-refractivity contribution in [1.29, 1.82) is 0 Å². The van der Waals surface area contributed by atoms with Gasteiger partial charge in [0, 0.05) is 17.0 Å². The zero-order valence-corrected chi connectivity index (χ0v) is 12.2. The quantitative estimate of drug-likeness (QED) is 0.927. The number of likely N-dealkylation sites (N-methyl/N-ethyl adjacent to an activating group) is 1. The maximum Gasteiger partial charge on any atom is 0.217 e. The molecule has 2 unspecified atom stereocenters. The molecule has 0 saturated heterocycles. The molecule has 1 fully saturated rings. The zero-order valence-electron chi connectivity index (χ0n) is 12.2. The third-order valence-corrected chi connectivity index (χ3v) is 4.20. The second-order valence-electron chi connectivity index (χ2n) is 5.64. The van der Waals surface area contributed by atoms with Crippen molar-refractivity contribution in [3.05, 3.63) is 35.9 Å². The number of hydrogen-bond acceptors (Lipinski definition) is 3. The van der Waals surface area contributed by atoms with Gasteiger partial charge >= 0.3 is 0 Å². The first-order chi connectivity index (χ1) is 9.78. The van der Waals surface area contributed by atoms with Gasteiger partial charge in [0.2, 0.25) is 5.88 Å². The minimum atomic E-state index is 0.237. The molecule has 0 aliphatic heterocycles. The Kier molecular flexibility index (Phi) is 3.88. The van der Waals surface area contributed by atoms with Gasteiger partial charge in [0.05, 0.1) is 5.52 Å². The highest BCUT2D eigenvalue weighted by molar-refractivity contribution is 5.79. The van der Waals surface area contributed by atoms with E-state index in [1.54, 1.807) is 0 Å². The molecule has 1 aromatic carbocycles. The number of pyridine rings is 1. The minimum absolute atomic E-state index is 0.237. The summed E-state index contributed by atoms with van der Waals surface area (Å²) in [7, 11) is 2.02. The van der Waals surface area contributed by atoms with Crippen LogP contribution in [0, 0.1) is 6.92 Å². The van der Waals surface area contributed by atoms with Gasteiger partial charge in [0.25, 0.3) is 0 Å². The molecule has 1 aromatic heterocycles. The third kappa shape index (κ3) is 2.63. The van der Waals surface area contributed by atoms with Gasteiger partial charge < -0.3 is 10.1 Å². The van der Waals surface area contributed by atoms with Gasteiger partial charge in [-0.15, -0.1) is 0 Å². The molecule has 20 heavy (non-hydrogen) atoms. The topological polar surface area (TPSA) is 34.1 Å². The lowest BCUT2D eigenvalue weighted by molar-refractivity contribution is 0.112. The Morgan fingerprint density at radius 2 is 2.00 bits per heavy atom. The van der Waals surface area contributed by atoms with E-state index in [0.717, 1.165) is 23.4 Å². The monoisotopic (exact) mass is 270 g/mol. The molecule has 3 rings (SSSR count). The van der Waals surface area contributed by atoms with Crippen molar-refractivity contribution in [2.45, 2.75) is 44.8 Å². The predicted octanol–water partition coefficient (Wildman–Crippen LogP) is 3.45. The number of rotatable bonds is 3. The van der Waals surface area contributed by atoms with Crippen LogP contribution >= 0.6 is 0 Å². The highest BCUT2D eigenvalue weighted by Crippen LogP contribution is 2.27. The fourth-order valence-electron chi connectivity index (χ4n) is 3.03. The predicted molar refractivity (Wildman–Crippen MR) is 82.2 cm³/mol. The molecule has 0 amide bonds. The van der Waals surface area contributed by atoms with E-state index in [0.29, 0.717) is 6.04 Å². The summed E-state index contributed by atoms with van der Waals surface area (Å²) >= 11 is 0. The average molecular weight is 270 g/mol. The van der Waals surface area contributed by atoms with Crippen LogP contribution in [0.3, 0.4) is 0 Å². The van der Waals surface area contributed by atoms with Crippen molar-refractivity contribution in [3.63, 3.8) is 0 Å². The van der Waals surface area contributed by atoms with Crippen LogP contribution in [0.4, 0.5) is 0 Å². The number of aryl methyl sites for hydroxylation is 1. The van der Waals surface area contributed by atoms with Gasteiger partial charge in [-0.2, -0.15) is 0 Å². The highest BCUT2D eigenvalue weighted by Gasteiger charge is 2.26. The molecule has 3 heteroatoms. The summed E-state index contributed by atoms with van der Waals surface area (Å²) in [5, 5.41) is 4.55. The van der Waals surface area contributed by atoms with Crippen molar-refractivity contribution in [2.75, 3.05) is 7.05 Å². The van der Waals surface area contributed by atoms with Crippen LogP contribution in [0.5, 0.6) is 5.88 Å². The Hall–Kier alpha value is -1.61. The molecule has 3 nitrogen and oxygen atoms in total. The van der Waals surface area contributed by atoms with Gasteiger partial charge in [-0.1, -0.05) is 24.6 Å². The molecule has 1 heterocycles. The molecule has 106 valence electrons. The summed E-state index contributed by atoms with van der Waals surface area (Å²) in [6, 6.07) is 10.8. The number of aromatic nitrogens is 1. The average Bonchev–Trinajstić information content (AvgIpc) is 2.48. The maximum absolute atomic E-state index is 6.22. The Morgan fingerprint density at radius 3 is 2.85 bits per heavy atom. The number of ether oxygens (including phenoxy) is 1. The van der Waals surface area contributed by atoms with Crippen LogP contribution in [0.25, 0.3) is 10.9 Å². The number of para-hydroxylation sites is 1. The van der Waals surface area contributed by atoms with Gasteiger partial charge in [0.15, 0.2) is 0 Å². The lowest BCUT2D eigenvalue weighted by atomic mass is 9.92. The number of nitrogens with one attached hydrogen (secondary N) is 1. The van der Waals surface area contributed by atoms with Crippen LogP contribution in [0.2, 0.25) is 0 Å². The standard InChI is InChI=1S/C17H22N2O/c1-12-11-13-7-3-4-8-14(13)19-17(12)20-16-10-6-5-9-15(16)18-2/h3-4,7-8,11,15-16,18H,5-6,9-10H2,1-2H3. The van der Waals surface area contributed by atoms with E-state index in [2.05, 4.69) is 29.4 Å². The number of hydrogen-bond donors (Lipinski definition) is 1. The molecule has 2 aromatic rings. The Labute approximate surface area is 120 Å².